The highest BCUT2D eigenvalue weighted by atomic mass is 19.1. The predicted molar refractivity (Wildman–Crippen MR) is 79.4 cm³/mol. The molecule has 0 saturated carbocycles. The van der Waals surface area contributed by atoms with Crippen molar-refractivity contribution in [1.82, 2.24) is 4.98 Å². The summed E-state index contributed by atoms with van der Waals surface area (Å²) in [5.41, 5.74) is 7.40. The van der Waals surface area contributed by atoms with Gasteiger partial charge in [-0.05, 0) is 36.2 Å². The van der Waals surface area contributed by atoms with E-state index in [2.05, 4.69) is 9.98 Å². The summed E-state index contributed by atoms with van der Waals surface area (Å²) in [5.74, 6) is -0.00979. The van der Waals surface area contributed by atoms with E-state index in [1.807, 2.05) is 31.2 Å². The third kappa shape index (κ3) is 2.64. The van der Waals surface area contributed by atoms with Crippen LogP contribution in [0.1, 0.15) is 12.5 Å². The number of hydrogen-bond donors (Lipinski definition) is 1. The SMILES string of the molecule is CC1(c2cccc(-c3cccnc3F)c2)COCC(N)=N1. The second-order valence-electron chi connectivity index (χ2n) is 5.29. The van der Waals surface area contributed by atoms with Gasteiger partial charge >= 0.3 is 0 Å². The Hall–Kier alpha value is -2.27. The highest BCUT2D eigenvalue weighted by Gasteiger charge is 2.30. The molecule has 1 aliphatic rings. The molecule has 4 nitrogen and oxygen atoms in total. The monoisotopic (exact) mass is 285 g/mol. The molecular formula is C16H16FN3O. The number of aliphatic imine (C=N–C) groups is 1. The molecule has 2 heterocycles. The van der Waals surface area contributed by atoms with Crippen molar-refractivity contribution in [3.05, 3.63) is 54.1 Å². The highest BCUT2D eigenvalue weighted by Crippen LogP contribution is 2.31. The number of aromatic nitrogens is 1. The summed E-state index contributed by atoms with van der Waals surface area (Å²) in [6, 6.07) is 11.0. The van der Waals surface area contributed by atoms with Gasteiger partial charge in [-0.3, -0.25) is 4.99 Å². The molecule has 21 heavy (non-hydrogen) atoms. The van der Waals surface area contributed by atoms with E-state index in [1.54, 1.807) is 12.1 Å². The maximum atomic E-state index is 13.8. The van der Waals surface area contributed by atoms with Crippen molar-refractivity contribution < 1.29 is 9.13 Å². The lowest BCUT2D eigenvalue weighted by atomic mass is 9.90. The smallest absolute Gasteiger partial charge is 0.220 e. The normalized spacial score (nSPS) is 21.9. The van der Waals surface area contributed by atoms with Gasteiger partial charge in [-0.1, -0.05) is 18.2 Å². The van der Waals surface area contributed by atoms with Gasteiger partial charge in [0.15, 0.2) is 0 Å². The van der Waals surface area contributed by atoms with E-state index in [0.29, 0.717) is 24.6 Å². The van der Waals surface area contributed by atoms with Crippen LogP contribution in [0.25, 0.3) is 11.1 Å². The first-order valence-corrected chi connectivity index (χ1v) is 6.72. The summed E-state index contributed by atoms with van der Waals surface area (Å²) >= 11 is 0. The van der Waals surface area contributed by atoms with Crippen LogP contribution in [0.3, 0.4) is 0 Å². The number of rotatable bonds is 2. The molecule has 1 aromatic carbocycles. The largest absolute Gasteiger partial charge is 0.386 e. The van der Waals surface area contributed by atoms with Crippen LogP contribution in [0.5, 0.6) is 0 Å². The van der Waals surface area contributed by atoms with Gasteiger partial charge in [-0.15, -0.1) is 0 Å². The van der Waals surface area contributed by atoms with Crippen LogP contribution in [-0.2, 0) is 10.3 Å². The van der Waals surface area contributed by atoms with E-state index in [1.165, 1.54) is 6.20 Å². The van der Waals surface area contributed by atoms with Gasteiger partial charge < -0.3 is 10.5 Å². The number of halogens is 1. The minimum Gasteiger partial charge on any atom is -0.386 e. The number of nitrogens with two attached hydrogens (primary N) is 1. The summed E-state index contributed by atoms with van der Waals surface area (Å²) in [7, 11) is 0. The Morgan fingerprint density at radius 3 is 2.90 bits per heavy atom. The van der Waals surface area contributed by atoms with Crippen molar-refractivity contribution in [3.8, 4) is 11.1 Å². The Balaban J connectivity index is 2.05. The number of hydrogen-bond acceptors (Lipinski definition) is 4. The molecule has 2 aromatic rings. The van der Waals surface area contributed by atoms with E-state index in [-0.39, 0.29) is 0 Å². The fraction of sp³-hybridized carbons (Fsp3) is 0.250. The number of benzene rings is 1. The molecule has 1 aliphatic heterocycles. The second-order valence-corrected chi connectivity index (χ2v) is 5.29. The van der Waals surface area contributed by atoms with E-state index >= 15 is 0 Å². The first kappa shape index (κ1) is 13.7. The maximum Gasteiger partial charge on any atom is 0.220 e. The van der Waals surface area contributed by atoms with Gasteiger partial charge in [0.1, 0.15) is 18.0 Å². The molecule has 2 N–H and O–H groups in total. The average Bonchev–Trinajstić information content (AvgIpc) is 2.48. The summed E-state index contributed by atoms with van der Waals surface area (Å²) in [5, 5.41) is 0. The average molecular weight is 285 g/mol. The quantitative estimate of drug-likeness (QED) is 0.862. The van der Waals surface area contributed by atoms with Crippen molar-refractivity contribution in [3.63, 3.8) is 0 Å². The molecule has 5 heteroatoms. The van der Waals surface area contributed by atoms with Gasteiger partial charge in [0.25, 0.3) is 0 Å². The summed E-state index contributed by atoms with van der Waals surface area (Å²) in [6.07, 6.45) is 1.43. The van der Waals surface area contributed by atoms with Crippen molar-refractivity contribution >= 4 is 5.84 Å². The van der Waals surface area contributed by atoms with E-state index in [0.717, 1.165) is 11.1 Å². The molecule has 1 aromatic heterocycles. The zero-order valence-electron chi connectivity index (χ0n) is 11.7. The van der Waals surface area contributed by atoms with Crippen LogP contribution in [-0.4, -0.2) is 24.0 Å². The summed E-state index contributed by atoms with van der Waals surface area (Å²) in [4.78, 5) is 8.19. The topological polar surface area (TPSA) is 60.5 Å². The number of ether oxygens (including phenoxy) is 1. The molecule has 108 valence electrons. The van der Waals surface area contributed by atoms with Crippen LogP contribution in [0, 0.1) is 5.95 Å². The Kier molecular flexibility index (Phi) is 3.43. The van der Waals surface area contributed by atoms with E-state index in [4.69, 9.17) is 10.5 Å². The third-order valence-corrected chi connectivity index (χ3v) is 3.58. The van der Waals surface area contributed by atoms with Crippen LogP contribution in [0.2, 0.25) is 0 Å². The molecule has 0 radical (unpaired) electrons. The van der Waals surface area contributed by atoms with E-state index in [9.17, 15) is 4.39 Å². The Morgan fingerprint density at radius 2 is 2.14 bits per heavy atom. The molecule has 0 aliphatic carbocycles. The lowest BCUT2D eigenvalue weighted by Gasteiger charge is -2.30. The molecule has 0 fully saturated rings. The lowest BCUT2D eigenvalue weighted by molar-refractivity contribution is 0.106. The molecule has 0 spiro atoms. The second kappa shape index (κ2) is 5.26. The minimum absolute atomic E-state index is 0.354. The van der Waals surface area contributed by atoms with Crippen molar-refractivity contribution in [2.24, 2.45) is 10.7 Å². The van der Waals surface area contributed by atoms with Crippen LogP contribution in [0.15, 0.2) is 47.6 Å². The van der Waals surface area contributed by atoms with Gasteiger partial charge in [0, 0.05) is 11.8 Å². The minimum atomic E-state index is -0.545. The summed E-state index contributed by atoms with van der Waals surface area (Å²) in [6.45, 7) is 2.76. The fourth-order valence-electron chi connectivity index (χ4n) is 2.51. The fourth-order valence-corrected chi connectivity index (χ4v) is 2.51. The van der Waals surface area contributed by atoms with Crippen LogP contribution in [0.4, 0.5) is 4.39 Å². The molecule has 1 unspecified atom stereocenters. The van der Waals surface area contributed by atoms with Gasteiger partial charge in [0.2, 0.25) is 5.95 Å². The maximum absolute atomic E-state index is 13.8. The highest BCUT2D eigenvalue weighted by molar-refractivity contribution is 5.82. The predicted octanol–water partition coefficient (Wildman–Crippen LogP) is 2.49. The van der Waals surface area contributed by atoms with Gasteiger partial charge in [0.05, 0.1) is 6.61 Å². The van der Waals surface area contributed by atoms with Crippen LogP contribution >= 0.6 is 0 Å². The third-order valence-electron chi connectivity index (χ3n) is 3.58. The zero-order chi connectivity index (χ0) is 14.9. The lowest BCUT2D eigenvalue weighted by Crippen LogP contribution is -2.37. The number of nitrogens with zero attached hydrogens (tertiary/aromatic N) is 2. The summed E-state index contributed by atoms with van der Waals surface area (Å²) < 4.78 is 19.3. The molecule has 1 atom stereocenters. The van der Waals surface area contributed by atoms with Crippen molar-refractivity contribution in [2.75, 3.05) is 13.2 Å². The Morgan fingerprint density at radius 1 is 1.29 bits per heavy atom. The molecule has 0 bridgehead atoms. The van der Waals surface area contributed by atoms with Gasteiger partial charge in [-0.25, -0.2) is 4.98 Å². The molecule has 0 amide bonds. The molecule has 0 saturated heterocycles. The standard InChI is InChI=1S/C16H16FN3O/c1-16(10-21-9-14(18)20-16)12-5-2-4-11(8-12)13-6-3-7-19-15(13)17/h2-8H,9-10H2,1H3,(H2,18,20). The first-order chi connectivity index (χ1) is 10.1. The van der Waals surface area contributed by atoms with Gasteiger partial charge in [-0.2, -0.15) is 4.39 Å². The van der Waals surface area contributed by atoms with Crippen molar-refractivity contribution in [2.45, 2.75) is 12.5 Å². The van der Waals surface area contributed by atoms with Crippen molar-refractivity contribution in [1.29, 1.82) is 0 Å². The van der Waals surface area contributed by atoms with E-state index < -0.39 is 11.5 Å². The Labute approximate surface area is 122 Å². The first-order valence-electron chi connectivity index (χ1n) is 6.72. The number of pyridine rings is 1. The molecular weight excluding hydrogens is 269 g/mol. The van der Waals surface area contributed by atoms with Crippen LogP contribution < -0.4 is 5.73 Å². The zero-order valence-corrected chi connectivity index (χ0v) is 11.7. The molecule has 3 rings (SSSR count). The Bertz CT molecular complexity index is 701. The number of amidine groups is 1.